The van der Waals surface area contributed by atoms with Crippen molar-refractivity contribution < 1.29 is 19.4 Å². The van der Waals surface area contributed by atoms with Gasteiger partial charge in [-0.25, -0.2) is 4.79 Å². The number of carbonyl (C=O) groups is 1. The molecule has 0 bridgehead atoms. The number of hydrogen-bond acceptors (Lipinski definition) is 3. The van der Waals surface area contributed by atoms with Crippen molar-refractivity contribution in [2.24, 2.45) is 5.92 Å². The molecule has 0 saturated carbocycles. The summed E-state index contributed by atoms with van der Waals surface area (Å²) in [5, 5.41) is 8.89. The Morgan fingerprint density at radius 1 is 1.09 bits per heavy atom. The third-order valence-electron chi connectivity index (χ3n) is 4.11. The minimum atomic E-state index is -0.917. The van der Waals surface area contributed by atoms with E-state index in [0.29, 0.717) is 5.92 Å². The van der Waals surface area contributed by atoms with Gasteiger partial charge in [0.05, 0.1) is 18.8 Å². The molecule has 0 spiro atoms. The third-order valence-corrected chi connectivity index (χ3v) is 4.11. The highest BCUT2D eigenvalue weighted by Crippen LogP contribution is 2.27. The van der Waals surface area contributed by atoms with E-state index in [1.165, 1.54) is 32.1 Å². The maximum Gasteiger partial charge on any atom is 0.335 e. The van der Waals surface area contributed by atoms with E-state index < -0.39 is 5.97 Å². The van der Waals surface area contributed by atoms with Crippen LogP contribution in [0.2, 0.25) is 0 Å². The van der Waals surface area contributed by atoms with Gasteiger partial charge >= 0.3 is 5.97 Å². The number of ether oxygens (including phenoxy) is 2. The maximum absolute atomic E-state index is 10.8. The van der Waals surface area contributed by atoms with Crippen LogP contribution in [-0.2, 0) is 9.47 Å². The number of aromatic carboxylic acids is 1. The van der Waals surface area contributed by atoms with E-state index in [2.05, 4.69) is 6.92 Å². The molecule has 2 rings (SSSR count). The SMILES string of the molecule is CCCCCCCC1COC(c2ccc(C(=O)O)cc2)OC1. The Morgan fingerprint density at radius 3 is 2.32 bits per heavy atom. The first-order chi connectivity index (χ1) is 10.7. The Balaban J connectivity index is 1.71. The molecule has 0 unspecified atom stereocenters. The van der Waals surface area contributed by atoms with Gasteiger partial charge in [0, 0.05) is 11.5 Å². The molecule has 1 N–H and O–H groups in total. The fourth-order valence-electron chi connectivity index (χ4n) is 2.72. The average Bonchev–Trinajstić information content (AvgIpc) is 2.55. The summed E-state index contributed by atoms with van der Waals surface area (Å²) in [4.78, 5) is 10.8. The van der Waals surface area contributed by atoms with Crippen molar-refractivity contribution in [1.82, 2.24) is 0 Å². The van der Waals surface area contributed by atoms with Crippen LogP contribution in [0, 0.1) is 5.92 Å². The van der Waals surface area contributed by atoms with E-state index in [-0.39, 0.29) is 11.9 Å². The molecule has 1 fully saturated rings. The van der Waals surface area contributed by atoms with Crippen LogP contribution in [0.3, 0.4) is 0 Å². The second-order valence-corrected chi connectivity index (χ2v) is 5.99. The van der Waals surface area contributed by atoms with Crippen molar-refractivity contribution in [3.8, 4) is 0 Å². The molecule has 122 valence electrons. The van der Waals surface area contributed by atoms with Gasteiger partial charge in [-0.1, -0.05) is 51.2 Å². The summed E-state index contributed by atoms with van der Waals surface area (Å²) in [6.45, 7) is 3.67. The monoisotopic (exact) mass is 306 g/mol. The molecule has 0 atom stereocenters. The summed E-state index contributed by atoms with van der Waals surface area (Å²) in [5.74, 6) is -0.434. The molecule has 4 nitrogen and oxygen atoms in total. The Kier molecular flexibility index (Phi) is 6.87. The van der Waals surface area contributed by atoms with E-state index in [1.807, 2.05) is 0 Å². The molecule has 1 aromatic rings. The fraction of sp³-hybridized carbons (Fsp3) is 0.611. The van der Waals surface area contributed by atoms with Gasteiger partial charge < -0.3 is 14.6 Å². The van der Waals surface area contributed by atoms with Crippen LogP contribution in [0.5, 0.6) is 0 Å². The fourth-order valence-corrected chi connectivity index (χ4v) is 2.72. The Labute approximate surface area is 132 Å². The molecular formula is C18H26O4. The molecule has 0 amide bonds. The van der Waals surface area contributed by atoms with E-state index in [1.54, 1.807) is 24.3 Å². The van der Waals surface area contributed by atoms with Gasteiger partial charge in [0.25, 0.3) is 0 Å². The summed E-state index contributed by atoms with van der Waals surface area (Å²) in [5.41, 5.74) is 1.16. The lowest BCUT2D eigenvalue weighted by molar-refractivity contribution is -0.206. The zero-order valence-corrected chi connectivity index (χ0v) is 13.3. The molecule has 1 saturated heterocycles. The number of carboxylic acid groups (broad SMARTS) is 1. The van der Waals surface area contributed by atoms with Gasteiger partial charge in [0.2, 0.25) is 0 Å². The summed E-state index contributed by atoms with van der Waals surface area (Å²) in [6, 6.07) is 6.70. The van der Waals surface area contributed by atoms with Crippen LogP contribution in [0.15, 0.2) is 24.3 Å². The van der Waals surface area contributed by atoms with Crippen LogP contribution in [0.25, 0.3) is 0 Å². The van der Waals surface area contributed by atoms with Crippen LogP contribution < -0.4 is 0 Å². The van der Waals surface area contributed by atoms with Gasteiger partial charge in [-0.2, -0.15) is 0 Å². The Hall–Kier alpha value is -1.39. The van der Waals surface area contributed by atoms with Crippen molar-refractivity contribution in [2.75, 3.05) is 13.2 Å². The lowest BCUT2D eigenvalue weighted by Crippen LogP contribution is -2.27. The predicted molar refractivity (Wildman–Crippen MR) is 84.9 cm³/mol. The lowest BCUT2D eigenvalue weighted by atomic mass is 10.0. The van der Waals surface area contributed by atoms with Gasteiger partial charge in [-0.15, -0.1) is 0 Å². The number of rotatable bonds is 8. The largest absolute Gasteiger partial charge is 0.478 e. The first-order valence-electron chi connectivity index (χ1n) is 8.27. The average molecular weight is 306 g/mol. The Morgan fingerprint density at radius 2 is 1.73 bits per heavy atom. The number of benzene rings is 1. The van der Waals surface area contributed by atoms with Crippen molar-refractivity contribution >= 4 is 5.97 Å². The van der Waals surface area contributed by atoms with Crippen LogP contribution in [0.4, 0.5) is 0 Å². The predicted octanol–water partition coefficient (Wildman–Crippen LogP) is 4.41. The molecule has 0 aromatic heterocycles. The molecule has 1 aliphatic heterocycles. The minimum Gasteiger partial charge on any atom is -0.478 e. The first kappa shape index (κ1) is 17.0. The molecule has 22 heavy (non-hydrogen) atoms. The van der Waals surface area contributed by atoms with E-state index >= 15 is 0 Å². The molecule has 4 heteroatoms. The van der Waals surface area contributed by atoms with E-state index in [4.69, 9.17) is 14.6 Å². The van der Waals surface area contributed by atoms with Crippen LogP contribution in [-0.4, -0.2) is 24.3 Å². The summed E-state index contributed by atoms with van der Waals surface area (Å²) < 4.78 is 11.6. The maximum atomic E-state index is 10.8. The van der Waals surface area contributed by atoms with E-state index in [9.17, 15) is 4.79 Å². The normalized spacial score (nSPS) is 21.7. The van der Waals surface area contributed by atoms with Crippen LogP contribution >= 0.6 is 0 Å². The smallest absolute Gasteiger partial charge is 0.335 e. The summed E-state index contributed by atoms with van der Waals surface area (Å²) in [7, 11) is 0. The molecule has 1 heterocycles. The first-order valence-corrected chi connectivity index (χ1v) is 8.27. The van der Waals surface area contributed by atoms with Crippen molar-refractivity contribution in [3.63, 3.8) is 0 Å². The van der Waals surface area contributed by atoms with Crippen molar-refractivity contribution in [3.05, 3.63) is 35.4 Å². The molecule has 1 aliphatic rings. The lowest BCUT2D eigenvalue weighted by Gasteiger charge is -2.29. The topological polar surface area (TPSA) is 55.8 Å². The van der Waals surface area contributed by atoms with Crippen molar-refractivity contribution in [1.29, 1.82) is 0 Å². The number of carboxylic acids is 1. The molecular weight excluding hydrogens is 280 g/mol. The third kappa shape index (κ3) is 5.11. The van der Waals surface area contributed by atoms with Gasteiger partial charge in [0.1, 0.15) is 0 Å². The highest BCUT2D eigenvalue weighted by atomic mass is 16.7. The second-order valence-electron chi connectivity index (χ2n) is 5.99. The van der Waals surface area contributed by atoms with Crippen molar-refractivity contribution in [2.45, 2.75) is 51.7 Å². The zero-order chi connectivity index (χ0) is 15.8. The molecule has 1 aromatic carbocycles. The Bertz CT molecular complexity index is 447. The second kappa shape index (κ2) is 8.91. The zero-order valence-electron chi connectivity index (χ0n) is 13.3. The highest BCUT2D eigenvalue weighted by molar-refractivity contribution is 5.87. The molecule has 0 aliphatic carbocycles. The number of hydrogen-bond donors (Lipinski definition) is 1. The van der Waals surface area contributed by atoms with E-state index in [0.717, 1.165) is 25.2 Å². The van der Waals surface area contributed by atoms with Gasteiger partial charge in [-0.3, -0.25) is 0 Å². The number of unbranched alkanes of at least 4 members (excludes halogenated alkanes) is 4. The summed E-state index contributed by atoms with van der Waals surface area (Å²) in [6.07, 6.45) is 7.26. The highest BCUT2D eigenvalue weighted by Gasteiger charge is 2.23. The standard InChI is InChI=1S/C18H26O4/c1-2-3-4-5-6-7-14-12-21-18(22-13-14)16-10-8-15(9-11-16)17(19)20/h8-11,14,18H,2-7,12-13H2,1H3,(H,19,20). The minimum absolute atomic E-state index is 0.282. The van der Waals surface area contributed by atoms with Gasteiger partial charge in [-0.05, 0) is 18.6 Å². The van der Waals surface area contributed by atoms with Gasteiger partial charge in [0.15, 0.2) is 6.29 Å². The summed E-state index contributed by atoms with van der Waals surface area (Å²) >= 11 is 0. The quantitative estimate of drug-likeness (QED) is 0.723. The van der Waals surface area contributed by atoms with Crippen LogP contribution in [0.1, 0.15) is 67.7 Å². The molecule has 0 radical (unpaired) electrons.